The van der Waals surface area contributed by atoms with E-state index in [1.807, 2.05) is 44.2 Å². The van der Waals surface area contributed by atoms with Gasteiger partial charge < -0.3 is 10.6 Å². The summed E-state index contributed by atoms with van der Waals surface area (Å²) >= 11 is 0. The lowest BCUT2D eigenvalue weighted by Crippen LogP contribution is -2.37. The minimum atomic E-state index is -0.131. The van der Waals surface area contributed by atoms with E-state index in [4.69, 9.17) is 5.73 Å². The number of carbonyl (C=O) groups excluding carboxylic acids is 1. The van der Waals surface area contributed by atoms with Gasteiger partial charge in [0.05, 0.1) is 11.9 Å². The molecule has 100 valence electrons. The average molecular weight is 258 g/mol. The van der Waals surface area contributed by atoms with E-state index >= 15 is 0 Å². The number of nitrogen functional groups attached to an aromatic ring is 1. The van der Waals surface area contributed by atoms with Gasteiger partial charge in [-0.2, -0.15) is 5.10 Å². The van der Waals surface area contributed by atoms with Crippen LogP contribution in [0.5, 0.6) is 0 Å². The number of benzene rings is 1. The van der Waals surface area contributed by atoms with Crippen LogP contribution in [-0.2, 0) is 6.54 Å². The van der Waals surface area contributed by atoms with Crippen molar-refractivity contribution >= 4 is 11.6 Å². The molecule has 5 nitrogen and oxygen atoms in total. The molecule has 1 heterocycles. The van der Waals surface area contributed by atoms with Gasteiger partial charge in [-0.15, -0.1) is 0 Å². The molecule has 19 heavy (non-hydrogen) atoms. The van der Waals surface area contributed by atoms with Crippen molar-refractivity contribution < 1.29 is 4.79 Å². The summed E-state index contributed by atoms with van der Waals surface area (Å²) in [5, 5.41) is 6.45. The van der Waals surface area contributed by atoms with Gasteiger partial charge in [0.2, 0.25) is 0 Å². The second kappa shape index (κ2) is 5.56. The van der Waals surface area contributed by atoms with E-state index in [9.17, 15) is 4.79 Å². The first-order chi connectivity index (χ1) is 9.09. The van der Waals surface area contributed by atoms with Gasteiger partial charge >= 0.3 is 0 Å². The fraction of sp³-hybridized carbons (Fsp3) is 0.286. The SMILES string of the molecule is CC(C)N(Cc1ccccc1)C(=O)c1[nH]ncc1N. The molecule has 1 amide bonds. The summed E-state index contributed by atoms with van der Waals surface area (Å²) in [7, 11) is 0. The lowest BCUT2D eigenvalue weighted by atomic mass is 10.1. The topological polar surface area (TPSA) is 75.0 Å². The summed E-state index contributed by atoms with van der Waals surface area (Å²) in [4.78, 5) is 14.2. The first-order valence-corrected chi connectivity index (χ1v) is 6.23. The number of carbonyl (C=O) groups is 1. The highest BCUT2D eigenvalue weighted by atomic mass is 16.2. The zero-order valence-corrected chi connectivity index (χ0v) is 11.1. The van der Waals surface area contributed by atoms with E-state index in [1.165, 1.54) is 6.20 Å². The number of nitrogens with zero attached hydrogens (tertiary/aromatic N) is 2. The van der Waals surface area contributed by atoms with E-state index < -0.39 is 0 Å². The highest BCUT2D eigenvalue weighted by Gasteiger charge is 2.22. The van der Waals surface area contributed by atoms with Crippen LogP contribution >= 0.6 is 0 Å². The second-order valence-electron chi connectivity index (χ2n) is 4.71. The monoisotopic (exact) mass is 258 g/mol. The van der Waals surface area contributed by atoms with E-state index in [2.05, 4.69) is 10.2 Å². The molecule has 0 aliphatic heterocycles. The minimum absolute atomic E-state index is 0.0791. The summed E-state index contributed by atoms with van der Waals surface area (Å²) in [5.74, 6) is -0.131. The van der Waals surface area contributed by atoms with Crippen molar-refractivity contribution in [2.24, 2.45) is 0 Å². The molecule has 5 heteroatoms. The zero-order chi connectivity index (χ0) is 13.8. The quantitative estimate of drug-likeness (QED) is 0.881. The molecule has 0 saturated heterocycles. The molecule has 2 rings (SSSR count). The van der Waals surface area contributed by atoms with Gasteiger partial charge in [0.1, 0.15) is 5.69 Å². The highest BCUT2D eigenvalue weighted by molar-refractivity contribution is 5.97. The molecule has 0 bridgehead atoms. The third-order valence-corrected chi connectivity index (χ3v) is 2.96. The molecule has 1 aromatic heterocycles. The Bertz CT molecular complexity index is 548. The molecule has 0 aliphatic rings. The minimum Gasteiger partial charge on any atom is -0.396 e. The smallest absolute Gasteiger partial charge is 0.274 e. The Labute approximate surface area is 112 Å². The van der Waals surface area contributed by atoms with Crippen molar-refractivity contribution in [3.05, 3.63) is 47.8 Å². The van der Waals surface area contributed by atoms with Crippen LogP contribution in [-0.4, -0.2) is 27.0 Å². The Morgan fingerprint density at radius 2 is 2.05 bits per heavy atom. The first-order valence-electron chi connectivity index (χ1n) is 6.23. The van der Waals surface area contributed by atoms with E-state index in [0.717, 1.165) is 5.56 Å². The number of amides is 1. The van der Waals surface area contributed by atoms with Crippen molar-refractivity contribution in [1.82, 2.24) is 15.1 Å². The molecule has 2 aromatic rings. The third-order valence-electron chi connectivity index (χ3n) is 2.96. The summed E-state index contributed by atoms with van der Waals surface area (Å²) in [6.07, 6.45) is 1.45. The average Bonchev–Trinajstić information content (AvgIpc) is 2.82. The number of nitrogens with one attached hydrogen (secondary N) is 1. The number of rotatable bonds is 4. The molecule has 1 aromatic carbocycles. The van der Waals surface area contributed by atoms with E-state index in [1.54, 1.807) is 4.90 Å². The molecule has 0 saturated carbocycles. The largest absolute Gasteiger partial charge is 0.396 e. The zero-order valence-electron chi connectivity index (χ0n) is 11.1. The number of anilines is 1. The number of nitrogens with two attached hydrogens (primary N) is 1. The van der Waals surface area contributed by atoms with Crippen LogP contribution in [0.1, 0.15) is 29.9 Å². The number of aromatic nitrogens is 2. The maximum atomic E-state index is 12.4. The number of H-pyrrole nitrogens is 1. The van der Waals surface area contributed by atoms with Gasteiger partial charge in [0.25, 0.3) is 5.91 Å². The summed E-state index contributed by atoms with van der Waals surface area (Å²) < 4.78 is 0. The lowest BCUT2D eigenvalue weighted by Gasteiger charge is -2.26. The molecule has 0 atom stereocenters. The Morgan fingerprint density at radius 1 is 1.37 bits per heavy atom. The molecule has 0 unspecified atom stereocenters. The van der Waals surface area contributed by atoms with Crippen LogP contribution in [0.4, 0.5) is 5.69 Å². The summed E-state index contributed by atoms with van der Waals surface area (Å²) in [5.41, 5.74) is 7.55. The van der Waals surface area contributed by atoms with Crippen molar-refractivity contribution in [3.8, 4) is 0 Å². The Kier molecular flexibility index (Phi) is 3.85. The maximum Gasteiger partial charge on any atom is 0.274 e. The maximum absolute atomic E-state index is 12.4. The van der Waals surface area contributed by atoms with Gasteiger partial charge in [-0.1, -0.05) is 30.3 Å². The van der Waals surface area contributed by atoms with Crippen molar-refractivity contribution in [2.45, 2.75) is 26.4 Å². The van der Waals surface area contributed by atoms with Crippen LogP contribution in [0.2, 0.25) is 0 Å². The molecule has 3 N–H and O–H groups in total. The van der Waals surface area contributed by atoms with Crippen LogP contribution < -0.4 is 5.73 Å². The molecular formula is C14H18N4O. The van der Waals surface area contributed by atoms with Crippen LogP contribution in [0.25, 0.3) is 0 Å². The highest BCUT2D eigenvalue weighted by Crippen LogP contribution is 2.15. The predicted octanol–water partition coefficient (Wildman–Crippen LogP) is 2.04. The van der Waals surface area contributed by atoms with Crippen molar-refractivity contribution in [3.63, 3.8) is 0 Å². The number of hydrogen-bond acceptors (Lipinski definition) is 3. The summed E-state index contributed by atoms with van der Waals surface area (Å²) in [6, 6.07) is 9.96. The Hall–Kier alpha value is -2.30. The standard InChI is InChI=1S/C14H18N4O/c1-10(2)18(9-11-6-4-3-5-7-11)14(19)13-12(15)8-16-17-13/h3-8,10H,9,15H2,1-2H3,(H,16,17). The van der Waals surface area contributed by atoms with Gasteiger partial charge in [-0.05, 0) is 19.4 Å². The first kappa shape index (κ1) is 13.1. The van der Waals surface area contributed by atoms with Gasteiger partial charge in [0.15, 0.2) is 0 Å². The van der Waals surface area contributed by atoms with E-state index in [-0.39, 0.29) is 11.9 Å². The van der Waals surface area contributed by atoms with Gasteiger partial charge in [0, 0.05) is 12.6 Å². The molecule has 0 fully saturated rings. The van der Waals surface area contributed by atoms with Crippen LogP contribution in [0.15, 0.2) is 36.5 Å². The van der Waals surface area contributed by atoms with Crippen LogP contribution in [0, 0.1) is 0 Å². The number of hydrogen-bond donors (Lipinski definition) is 2. The molecule has 0 aliphatic carbocycles. The van der Waals surface area contributed by atoms with Crippen LogP contribution in [0.3, 0.4) is 0 Å². The van der Waals surface area contributed by atoms with Gasteiger partial charge in [-0.3, -0.25) is 9.89 Å². The lowest BCUT2D eigenvalue weighted by molar-refractivity contribution is 0.0685. The second-order valence-corrected chi connectivity index (χ2v) is 4.71. The molecule has 0 radical (unpaired) electrons. The fourth-order valence-electron chi connectivity index (χ4n) is 1.88. The van der Waals surface area contributed by atoms with Crippen molar-refractivity contribution in [1.29, 1.82) is 0 Å². The van der Waals surface area contributed by atoms with Crippen molar-refractivity contribution in [2.75, 3.05) is 5.73 Å². The Balaban J connectivity index is 2.22. The van der Waals surface area contributed by atoms with Gasteiger partial charge in [-0.25, -0.2) is 0 Å². The third kappa shape index (κ3) is 2.93. The van der Waals surface area contributed by atoms with E-state index in [0.29, 0.717) is 17.9 Å². The molecular weight excluding hydrogens is 240 g/mol. The summed E-state index contributed by atoms with van der Waals surface area (Å²) in [6.45, 7) is 4.51. The fourth-order valence-corrected chi connectivity index (χ4v) is 1.88. The number of aromatic amines is 1. The molecule has 0 spiro atoms. The normalized spacial score (nSPS) is 10.7. The predicted molar refractivity (Wildman–Crippen MR) is 74.5 cm³/mol. The Morgan fingerprint density at radius 3 is 2.58 bits per heavy atom.